The Morgan fingerprint density at radius 1 is 1.44 bits per heavy atom. The lowest BCUT2D eigenvalue weighted by Crippen LogP contribution is -2.14. The standard InChI is InChI=1S/C14H17NO/c1-2-3-4-6-11(9-15)12-7-5-8-14-13(12)10-16-14/h5,7-8,11H,2-4,6,10H2,1H3. The molecule has 1 aliphatic rings. The molecule has 1 atom stereocenters. The van der Waals surface area contributed by atoms with Crippen molar-refractivity contribution in [3.05, 3.63) is 29.3 Å². The number of fused-ring (bicyclic) bond motifs is 1. The van der Waals surface area contributed by atoms with Gasteiger partial charge < -0.3 is 4.74 Å². The highest BCUT2D eigenvalue weighted by Crippen LogP contribution is 2.36. The van der Waals surface area contributed by atoms with Crippen LogP contribution in [0, 0.1) is 11.3 Å². The summed E-state index contributed by atoms with van der Waals surface area (Å²) in [6, 6.07) is 8.45. The van der Waals surface area contributed by atoms with E-state index in [1.165, 1.54) is 24.0 Å². The predicted octanol–water partition coefficient (Wildman–Crippen LogP) is 3.77. The van der Waals surface area contributed by atoms with Crippen LogP contribution in [-0.2, 0) is 6.61 Å². The van der Waals surface area contributed by atoms with Crippen molar-refractivity contribution in [1.82, 2.24) is 0 Å². The number of ether oxygens (including phenoxy) is 1. The molecule has 0 fully saturated rings. The van der Waals surface area contributed by atoms with Gasteiger partial charge in [-0.25, -0.2) is 0 Å². The van der Waals surface area contributed by atoms with Crippen LogP contribution < -0.4 is 4.74 Å². The third kappa shape index (κ3) is 2.04. The second-order valence-corrected chi connectivity index (χ2v) is 4.29. The number of unbranched alkanes of at least 4 members (excludes halogenated alkanes) is 2. The maximum atomic E-state index is 9.23. The first kappa shape index (κ1) is 11.0. The molecule has 1 aromatic carbocycles. The minimum absolute atomic E-state index is 0.0467. The molecule has 0 aliphatic carbocycles. The molecule has 0 radical (unpaired) electrons. The van der Waals surface area contributed by atoms with E-state index in [9.17, 15) is 5.26 Å². The average Bonchev–Trinajstić information content (AvgIpc) is 2.26. The van der Waals surface area contributed by atoms with Gasteiger partial charge in [0.15, 0.2) is 0 Å². The van der Waals surface area contributed by atoms with Gasteiger partial charge in [-0.3, -0.25) is 0 Å². The normalized spacial score (nSPS) is 14.2. The lowest BCUT2D eigenvalue weighted by molar-refractivity contribution is 0.240. The molecule has 0 saturated carbocycles. The van der Waals surface area contributed by atoms with Crippen LogP contribution in [0.1, 0.15) is 49.7 Å². The molecule has 2 nitrogen and oxygen atoms in total. The first-order valence-electron chi connectivity index (χ1n) is 6.01. The van der Waals surface area contributed by atoms with Crippen molar-refractivity contribution in [2.24, 2.45) is 0 Å². The molecule has 84 valence electrons. The Kier molecular flexibility index (Phi) is 3.46. The van der Waals surface area contributed by atoms with Crippen molar-refractivity contribution in [3.8, 4) is 11.8 Å². The van der Waals surface area contributed by atoms with E-state index in [0.29, 0.717) is 6.61 Å². The van der Waals surface area contributed by atoms with E-state index < -0.39 is 0 Å². The topological polar surface area (TPSA) is 33.0 Å². The molecule has 0 N–H and O–H groups in total. The molecule has 0 spiro atoms. The molecular weight excluding hydrogens is 198 g/mol. The lowest BCUT2D eigenvalue weighted by atomic mass is 9.89. The number of hydrogen-bond acceptors (Lipinski definition) is 2. The van der Waals surface area contributed by atoms with Gasteiger partial charge in [-0.05, 0) is 18.1 Å². The molecule has 1 aromatic rings. The van der Waals surface area contributed by atoms with E-state index in [-0.39, 0.29) is 5.92 Å². The van der Waals surface area contributed by atoms with Gasteiger partial charge >= 0.3 is 0 Å². The van der Waals surface area contributed by atoms with Crippen LogP contribution >= 0.6 is 0 Å². The molecule has 0 amide bonds. The van der Waals surface area contributed by atoms with E-state index in [4.69, 9.17) is 4.74 Å². The van der Waals surface area contributed by atoms with Crippen molar-refractivity contribution in [1.29, 1.82) is 5.26 Å². The Morgan fingerprint density at radius 2 is 2.31 bits per heavy atom. The van der Waals surface area contributed by atoms with Gasteiger partial charge in [0.25, 0.3) is 0 Å². The first-order valence-corrected chi connectivity index (χ1v) is 6.01. The minimum atomic E-state index is 0.0467. The Labute approximate surface area is 96.9 Å². The zero-order chi connectivity index (χ0) is 11.4. The van der Waals surface area contributed by atoms with Crippen LogP contribution in [-0.4, -0.2) is 0 Å². The first-order chi connectivity index (χ1) is 7.86. The van der Waals surface area contributed by atoms with E-state index in [0.717, 1.165) is 18.6 Å². The number of hydrogen-bond donors (Lipinski definition) is 0. The predicted molar refractivity (Wildman–Crippen MR) is 63.3 cm³/mol. The van der Waals surface area contributed by atoms with Crippen molar-refractivity contribution in [2.45, 2.75) is 45.1 Å². The summed E-state index contributed by atoms with van der Waals surface area (Å²) in [6.07, 6.45) is 4.53. The highest BCUT2D eigenvalue weighted by molar-refractivity contribution is 5.47. The number of nitriles is 1. The average molecular weight is 215 g/mol. The molecular formula is C14H17NO. The Morgan fingerprint density at radius 3 is 2.94 bits per heavy atom. The maximum absolute atomic E-state index is 9.23. The SMILES string of the molecule is CCCCCC(C#N)c1cccc2c1CO2. The van der Waals surface area contributed by atoms with Gasteiger partial charge in [0.1, 0.15) is 12.4 Å². The fraction of sp³-hybridized carbons (Fsp3) is 0.500. The van der Waals surface area contributed by atoms with E-state index >= 15 is 0 Å². The van der Waals surface area contributed by atoms with Crippen LogP contribution in [0.15, 0.2) is 18.2 Å². The van der Waals surface area contributed by atoms with Crippen molar-refractivity contribution in [3.63, 3.8) is 0 Å². The Balaban J connectivity index is 2.09. The second kappa shape index (κ2) is 5.03. The fourth-order valence-electron chi connectivity index (χ4n) is 2.16. The highest BCUT2D eigenvalue weighted by Gasteiger charge is 2.23. The summed E-state index contributed by atoms with van der Waals surface area (Å²) in [5.41, 5.74) is 2.42. The molecule has 16 heavy (non-hydrogen) atoms. The van der Waals surface area contributed by atoms with Gasteiger partial charge in [0.2, 0.25) is 0 Å². The van der Waals surface area contributed by atoms with Crippen LogP contribution in [0.4, 0.5) is 0 Å². The molecule has 2 rings (SSSR count). The Hall–Kier alpha value is -1.49. The van der Waals surface area contributed by atoms with Crippen LogP contribution in [0.3, 0.4) is 0 Å². The van der Waals surface area contributed by atoms with Gasteiger partial charge in [-0.2, -0.15) is 5.26 Å². The van der Waals surface area contributed by atoms with E-state index in [2.05, 4.69) is 19.1 Å². The van der Waals surface area contributed by atoms with Crippen LogP contribution in [0.25, 0.3) is 0 Å². The van der Waals surface area contributed by atoms with Gasteiger partial charge in [0.05, 0.1) is 12.0 Å². The third-order valence-corrected chi connectivity index (χ3v) is 3.17. The summed E-state index contributed by atoms with van der Waals surface area (Å²) in [5.74, 6) is 1.01. The summed E-state index contributed by atoms with van der Waals surface area (Å²) in [6.45, 7) is 2.86. The van der Waals surface area contributed by atoms with Crippen molar-refractivity contribution >= 4 is 0 Å². The molecule has 0 saturated heterocycles. The molecule has 1 aliphatic heterocycles. The number of benzene rings is 1. The fourth-order valence-corrected chi connectivity index (χ4v) is 2.16. The number of rotatable bonds is 5. The summed E-state index contributed by atoms with van der Waals surface area (Å²) in [7, 11) is 0. The minimum Gasteiger partial charge on any atom is -0.488 e. The molecule has 0 bridgehead atoms. The zero-order valence-corrected chi connectivity index (χ0v) is 9.70. The summed E-state index contributed by atoms with van der Waals surface area (Å²) in [5, 5.41) is 9.23. The van der Waals surface area contributed by atoms with E-state index in [1.54, 1.807) is 0 Å². The van der Waals surface area contributed by atoms with Gasteiger partial charge in [0, 0.05) is 5.56 Å². The largest absolute Gasteiger partial charge is 0.488 e. The third-order valence-electron chi connectivity index (χ3n) is 3.17. The number of nitrogens with zero attached hydrogens (tertiary/aromatic N) is 1. The summed E-state index contributed by atoms with van der Waals surface area (Å²) < 4.78 is 5.33. The quantitative estimate of drug-likeness (QED) is 0.700. The molecule has 1 unspecified atom stereocenters. The van der Waals surface area contributed by atoms with Gasteiger partial charge in [-0.15, -0.1) is 0 Å². The van der Waals surface area contributed by atoms with Crippen LogP contribution in [0.2, 0.25) is 0 Å². The maximum Gasteiger partial charge on any atom is 0.126 e. The molecule has 0 aromatic heterocycles. The summed E-state index contributed by atoms with van der Waals surface area (Å²) >= 11 is 0. The second-order valence-electron chi connectivity index (χ2n) is 4.29. The Bertz CT molecular complexity index is 406. The summed E-state index contributed by atoms with van der Waals surface area (Å²) in [4.78, 5) is 0. The monoisotopic (exact) mass is 215 g/mol. The molecule has 1 heterocycles. The zero-order valence-electron chi connectivity index (χ0n) is 9.70. The van der Waals surface area contributed by atoms with E-state index in [1.807, 2.05) is 12.1 Å². The van der Waals surface area contributed by atoms with Gasteiger partial charge in [-0.1, -0.05) is 38.3 Å². The molecule has 2 heteroatoms. The van der Waals surface area contributed by atoms with Crippen LogP contribution in [0.5, 0.6) is 5.75 Å². The van der Waals surface area contributed by atoms with Crippen molar-refractivity contribution < 1.29 is 4.74 Å². The van der Waals surface area contributed by atoms with Crippen molar-refractivity contribution in [2.75, 3.05) is 0 Å². The highest BCUT2D eigenvalue weighted by atomic mass is 16.5. The lowest BCUT2D eigenvalue weighted by Gasteiger charge is -2.25. The smallest absolute Gasteiger partial charge is 0.126 e.